The molecule has 0 saturated heterocycles. The number of anilines is 3. The molecule has 10 aromatic rings. The van der Waals surface area contributed by atoms with Gasteiger partial charge < -0.3 is 9.47 Å². The molecule has 0 fully saturated rings. The van der Waals surface area contributed by atoms with Crippen molar-refractivity contribution in [1.29, 1.82) is 0 Å². The van der Waals surface area contributed by atoms with Gasteiger partial charge in [0.05, 0.1) is 11.0 Å². The molecule has 0 amide bonds. The first-order valence-electron chi connectivity index (χ1n) is 19.3. The van der Waals surface area contributed by atoms with Gasteiger partial charge in [0.1, 0.15) is 5.82 Å². The van der Waals surface area contributed by atoms with Crippen LogP contribution in [-0.4, -0.2) is 4.57 Å². The largest absolute Gasteiger partial charge is 0.311 e. The van der Waals surface area contributed by atoms with Crippen LogP contribution >= 0.6 is 0 Å². The van der Waals surface area contributed by atoms with E-state index in [1.54, 1.807) is 0 Å². The molecule has 0 radical (unpaired) electrons. The minimum atomic E-state index is -0.237. The third kappa shape index (κ3) is 6.56. The van der Waals surface area contributed by atoms with Crippen molar-refractivity contribution in [3.63, 3.8) is 0 Å². The second-order valence-corrected chi connectivity index (χ2v) is 14.3. The lowest BCUT2D eigenvalue weighted by molar-refractivity contribution is 0.628. The maximum absolute atomic E-state index is 13.7. The maximum Gasteiger partial charge on any atom is 0.123 e. The lowest BCUT2D eigenvalue weighted by atomic mass is 9.98. The molecular formula is C54H37FN2. The highest BCUT2D eigenvalue weighted by Crippen LogP contribution is 2.39. The monoisotopic (exact) mass is 732 g/mol. The second-order valence-electron chi connectivity index (χ2n) is 14.3. The first kappa shape index (κ1) is 34.0. The van der Waals surface area contributed by atoms with Gasteiger partial charge in [-0.1, -0.05) is 146 Å². The fraction of sp³-hybridized carbons (Fsp3) is 0. The Hall–Kier alpha value is -7.49. The molecule has 2 nitrogen and oxygen atoms in total. The summed E-state index contributed by atoms with van der Waals surface area (Å²) in [5, 5.41) is 2.50. The molecule has 1 aromatic heterocycles. The van der Waals surface area contributed by atoms with Gasteiger partial charge in [-0.2, -0.15) is 0 Å². The molecule has 3 heteroatoms. The van der Waals surface area contributed by atoms with E-state index in [2.05, 4.69) is 204 Å². The number of para-hydroxylation sites is 2. The summed E-state index contributed by atoms with van der Waals surface area (Å²) in [7, 11) is 0. The molecule has 0 aliphatic rings. The fourth-order valence-electron chi connectivity index (χ4n) is 8.03. The number of hydrogen-bond acceptors (Lipinski definition) is 1. The van der Waals surface area contributed by atoms with Gasteiger partial charge in [0.25, 0.3) is 0 Å². The van der Waals surface area contributed by atoms with E-state index in [4.69, 9.17) is 0 Å². The standard InChI is InChI=1S/C54H37FN2/c55-46-28-20-39(21-29-46)40-22-30-47(31-23-40)56(48-32-24-41(25-33-48)44-13-8-12-43(36-44)38-10-2-1-3-11-38)49-34-26-42(27-35-49)45-14-9-15-50(37-45)57-53-18-6-4-16-51(53)52-17-5-7-19-54(52)57/h1-37H. The van der Waals surface area contributed by atoms with Crippen LogP contribution in [0, 0.1) is 5.82 Å². The number of aromatic nitrogens is 1. The first-order chi connectivity index (χ1) is 28.2. The average Bonchev–Trinajstić information content (AvgIpc) is 3.62. The minimum Gasteiger partial charge on any atom is -0.311 e. The summed E-state index contributed by atoms with van der Waals surface area (Å²) < 4.78 is 16.1. The highest BCUT2D eigenvalue weighted by Gasteiger charge is 2.16. The van der Waals surface area contributed by atoms with E-state index in [9.17, 15) is 4.39 Å². The fourth-order valence-corrected chi connectivity index (χ4v) is 8.03. The molecule has 0 unspecified atom stereocenters. The van der Waals surface area contributed by atoms with Crippen LogP contribution in [0.15, 0.2) is 224 Å². The molecule has 270 valence electrons. The summed E-state index contributed by atoms with van der Waals surface area (Å²) in [5.41, 5.74) is 15.7. The van der Waals surface area contributed by atoms with E-state index in [1.807, 2.05) is 18.2 Å². The Balaban J connectivity index is 1.01. The maximum atomic E-state index is 13.7. The smallest absolute Gasteiger partial charge is 0.123 e. The number of hydrogen-bond donors (Lipinski definition) is 0. The molecule has 10 rings (SSSR count). The Morgan fingerprint density at radius 1 is 0.298 bits per heavy atom. The van der Waals surface area contributed by atoms with E-state index in [0.29, 0.717) is 0 Å². The number of fused-ring (bicyclic) bond motifs is 3. The summed E-state index contributed by atoms with van der Waals surface area (Å²) >= 11 is 0. The summed E-state index contributed by atoms with van der Waals surface area (Å²) in [4.78, 5) is 2.29. The molecule has 0 spiro atoms. The summed E-state index contributed by atoms with van der Waals surface area (Å²) in [6.07, 6.45) is 0. The van der Waals surface area contributed by atoms with Crippen LogP contribution in [0.5, 0.6) is 0 Å². The molecule has 9 aromatic carbocycles. The van der Waals surface area contributed by atoms with Crippen molar-refractivity contribution in [2.24, 2.45) is 0 Å². The van der Waals surface area contributed by atoms with Crippen LogP contribution in [0.25, 0.3) is 72.0 Å². The predicted octanol–water partition coefficient (Wildman–Crippen LogP) is 15.1. The molecule has 0 atom stereocenters. The zero-order valence-electron chi connectivity index (χ0n) is 31.1. The average molecular weight is 733 g/mol. The number of nitrogens with zero attached hydrogens (tertiary/aromatic N) is 2. The van der Waals surface area contributed by atoms with Crippen molar-refractivity contribution in [2.75, 3.05) is 4.90 Å². The van der Waals surface area contributed by atoms with Gasteiger partial charge in [-0.15, -0.1) is 0 Å². The van der Waals surface area contributed by atoms with Crippen LogP contribution in [0.2, 0.25) is 0 Å². The first-order valence-corrected chi connectivity index (χ1v) is 19.3. The molecule has 0 bridgehead atoms. The SMILES string of the molecule is Fc1ccc(-c2ccc(N(c3ccc(-c4cccc(-c5ccccc5)c4)cc3)c3ccc(-c4cccc(-n5c6ccccc6c6ccccc65)c4)cc3)cc2)cc1. The van der Waals surface area contributed by atoms with Crippen LogP contribution < -0.4 is 4.90 Å². The van der Waals surface area contributed by atoms with Crippen molar-refractivity contribution in [2.45, 2.75) is 0 Å². The van der Waals surface area contributed by atoms with Gasteiger partial charge in [-0.3, -0.25) is 0 Å². The molecule has 57 heavy (non-hydrogen) atoms. The summed E-state index contributed by atoms with van der Waals surface area (Å²) in [6, 6.07) is 78.0. The van der Waals surface area contributed by atoms with Crippen molar-refractivity contribution in [3.8, 4) is 50.2 Å². The van der Waals surface area contributed by atoms with Crippen LogP contribution in [-0.2, 0) is 0 Å². The zero-order chi connectivity index (χ0) is 38.1. The number of benzene rings is 9. The van der Waals surface area contributed by atoms with Crippen molar-refractivity contribution >= 4 is 38.9 Å². The van der Waals surface area contributed by atoms with Crippen molar-refractivity contribution < 1.29 is 4.39 Å². The van der Waals surface area contributed by atoms with E-state index in [0.717, 1.165) is 50.6 Å². The third-order valence-corrected chi connectivity index (χ3v) is 10.9. The van der Waals surface area contributed by atoms with E-state index in [1.165, 1.54) is 50.6 Å². The van der Waals surface area contributed by atoms with Gasteiger partial charge in [0.15, 0.2) is 0 Å². The highest BCUT2D eigenvalue weighted by atomic mass is 19.1. The molecule has 0 saturated carbocycles. The van der Waals surface area contributed by atoms with E-state index < -0.39 is 0 Å². The quantitative estimate of drug-likeness (QED) is 0.151. The summed E-state index contributed by atoms with van der Waals surface area (Å²) in [5.74, 6) is -0.237. The van der Waals surface area contributed by atoms with E-state index in [-0.39, 0.29) is 5.82 Å². The van der Waals surface area contributed by atoms with Crippen LogP contribution in [0.3, 0.4) is 0 Å². The Morgan fingerprint density at radius 2 is 0.667 bits per heavy atom. The molecule has 1 heterocycles. The van der Waals surface area contributed by atoms with Gasteiger partial charge in [0, 0.05) is 33.5 Å². The molecule has 0 aliphatic carbocycles. The normalized spacial score (nSPS) is 11.2. The summed E-state index contributed by atoms with van der Waals surface area (Å²) in [6.45, 7) is 0. The van der Waals surface area contributed by atoms with Gasteiger partial charge in [-0.05, 0) is 123 Å². The third-order valence-electron chi connectivity index (χ3n) is 10.9. The van der Waals surface area contributed by atoms with E-state index >= 15 is 0 Å². The second kappa shape index (κ2) is 14.6. The molecule has 0 N–H and O–H groups in total. The Bertz CT molecular complexity index is 2930. The molecule has 0 aliphatic heterocycles. The number of halogens is 1. The Labute approximate surface area is 332 Å². The lowest BCUT2D eigenvalue weighted by Gasteiger charge is -2.26. The Kier molecular flexibility index (Phi) is 8.74. The predicted molar refractivity (Wildman–Crippen MR) is 237 cm³/mol. The number of rotatable bonds is 8. The molecular weight excluding hydrogens is 696 g/mol. The Morgan fingerprint density at radius 3 is 1.18 bits per heavy atom. The van der Waals surface area contributed by atoms with Gasteiger partial charge in [-0.25, -0.2) is 4.39 Å². The zero-order valence-corrected chi connectivity index (χ0v) is 31.1. The minimum absolute atomic E-state index is 0.237. The topological polar surface area (TPSA) is 8.17 Å². The van der Waals surface area contributed by atoms with Crippen LogP contribution in [0.1, 0.15) is 0 Å². The van der Waals surface area contributed by atoms with Crippen LogP contribution in [0.4, 0.5) is 21.5 Å². The van der Waals surface area contributed by atoms with Crippen molar-refractivity contribution in [1.82, 2.24) is 4.57 Å². The highest BCUT2D eigenvalue weighted by molar-refractivity contribution is 6.09. The van der Waals surface area contributed by atoms with Crippen molar-refractivity contribution in [3.05, 3.63) is 230 Å². The van der Waals surface area contributed by atoms with Gasteiger partial charge >= 0.3 is 0 Å². The lowest BCUT2D eigenvalue weighted by Crippen LogP contribution is -2.09. The van der Waals surface area contributed by atoms with Gasteiger partial charge in [0.2, 0.25) is 0 Å².